The fraction of sp³-hybridized carbons (Fsp3) is 0.361. The Balaban J connectivity index is 1.27. The minimum atomic E-state index is -1.91. The van der Waals surface area contributed by atoms with Crippen LogP contribution in [0.1, 0.15) is 11.1 Å². The predicted octanol–water partition coefficient (Wildman–Crippen LogP) is -0.966. The smallest absolute Gasteiger partial charge is 0.330 e. The summed E-state index contributed by atoms with van der Waals surface area (Å²) in [4.78, 5) is 12.4. The Bertz CT molecular complexity index is 1850. The number of aromatic hydroxyl groups is 3. The second-order valence-corrected chi connectivity index (χ2v) is 12.6. The highest BCUT2D eigenvalue weighted by Gasteiger charge is 2.48. The molecule has 4 aliphatic rings. The van der Waals surface area contributed by atoms with Crippen molar-refractivity contribution in [3.8, 4) is 17.2 Å². The molecule has 6 rings (SSSR count). The van der Waals surface area contributed by atoms with Crippen LogP contribution in [-0.4, -0.2) is 143 Å². The van der Waals surface area contributed by atoms with Crippen LogP contribution in [-0.2, 0) is 33.2 Å². The van der Waals surface area contributed by atoms with E-state index >= 15 is 0 Å². The van der Waals surface area contributed by atoms with Gasteiger partial charge in [-0.05, 0) is 48.0 Å². The number of rotatable bonds is 10. The van der Waals surface area contributed by atoms with Crippen LogP contribution in [0.3, 0.4) is 0 Å². The van der Waals surface area contributed by atoms with Gasteiger partial charge in [-0.2, -0.15) is 0 Å². The van der Waals surface area contributed by atoms with Crippen LogP contribution in [0.2, 0.25) is 0 Å². The molecule has 3 aliphatic heterocycles. The molecule has 3 heterocycles. The number of carbonyl (C=O) groups is 1. The normalized spacial score (nSPS) is 32.5. The molecule has 0 spiro atoms. The van der Waals surface area contributed by atoms with Crippen molar-refractivity contribution in [1.29, 1.82) is 0 Å². The summed E-state index contributed by atoms with van der Waals surface area (Å²) in [6, 6.07) is 9.54. The fourth-order valence-electron chi connectivity index (χ4n) is 5.89. The van der Waals surface area contributed by atoms with E-state index in [2.05, 4.69) is 0 Å². The predicted molar refractivity (Wildman–Crippen MR) is 179 cm³/mol. The van der Waals surface area contributed by atoms with E-state index in [1.807, 2.05) is 0 Å². The Labute approximate surface area is 305 Å². The standard InChI is InChI=1S/C36H38O18/c37-13-25-28(43)30(45)32(47)35(53-25)51-23-11-18(39)10-22-19(23)12-24(34(50-22)16-4-7-20(40)21(41)9-16)52-36-33(48)31(46)29(44)26(54-36)14-49-27(42)8-3-15-1-5-17(38)6-2-15/h1-12,22,25-26,28-33,35-41,43-48H,13-14H2. The first-order valence-electron chi connectivity index (χ1n) is 16.5. The van der Waals surface area contributed by atoms with Crippen LogP contribution in [0.25, 0.3) is 11.8 Å². The van der Waals surface area contributed by atoms with Crippen molar-refractivity contribution in [3.05, 3.63) is 101 Å². The number of benzene rings is 2. The Hall–Kier alpha value is -5.15. The number of aliphatic hydroxyl groups excluding tert-OH is 8. The van der Waals surface area contributed by atoms with Gasteiger partial charge in [-0.25, -0.2) is 4.79 Å². The number of carbonyl (C=O) groups excluding carboxylic acids is 1. The molecular formula is C36H38O18. The van der Waals surface area contributed by atoms with Crippen molar-refractivity contribution in [2.75, 3.05) is 13.2 Å². The molecular weight excluding hydrogens is 720 g/mol. The van der Waals surface area contributed by atoms with Gasteiger partial charge in [0, 0.05) is 29.4 Å². The Kier molecular flexibility index (Phi) is 11.5. The first-order chi connectivity index (χ1) is 25.7. The van der Waals surface area contributed by atoms with Gasteiger partial charge in [0.2, 0.25) is 12.6 Å². The lowest BCUT2D eigenvalue weighted by molar-refractivity contribution is -0.292. The number of phenols is 3. The number of allylic oxidation sites excluding steroid dienone is 2. The van der Waals surface area contributed by atoms with E-state index in [4.69, 9.17) is 28.4 Å². The Morgan fingerprint density at radius 1 is 0.741 bits per heavy atom. The second-order valence-electron chi connectivity index (χ2n) is 12.6. The summed E-state index contributed by atoms with van der Waals surface area (Å²) in [5, 5.41) is 113. The van der Waals surface area contributed by atoms with Crippen LogP contribution in [0, 0.1) is 0 Å². The summed E-state index contributed by atoms with van der Waals surface area (Å²) in [7, 11) is 0. The maximum absolute atomic E-state index is 12.4. The zero-order valence-corrected chi connectivity index (χ0v) is 28.0. The largest absolute Gasteiger partial charge is 0.508 e. The van der Waals surface area contributed by atoms with Crippen LogP contribution < -0.4 is 0 Å². The van der Waals surface area contributed by atoms with Crippen LogP contribution >= 0.6 is 0 Å². The highest BCUT2D eigenvalue weighted by Crippen LogP contribution is 2.41. The average Bonchev–Trinajstić information content (AvgIpc) is 3.15. The van der Waals surface area contributed by atoms with Gasteiger partial charge < -0.3 is 84.6 Å². The highest BCUT2D eigenvalue weighted by atomic mass is 16.7. The van der Waals surface area contributed by atoms with Gasteiger partial charge >= 0.3 is 5.97 Å². The maximum Gasteiger partial charge on any atom is 0.330 e. The van der Waals surface area contributed by atoms with Crippen molar-refractivity contribution >= 4 is 17.8 Å². The molecule has 290 valence electrons. The molecule has 11 unspecified atom stereocenters. The van der Waals surface area contributed by atoms with Crippen LogP contribution in [0.5, 0.6) is 17.2 Å². The minimum Gasteiger partial charge on any atom is -0.508 e. The highest BCUT2D eigenvalue weighted by molar-refractivity contribution is 5.87. The first kappa shape index (κ1) is 38.6. The van der Waals surface area contributed by atoms with E-state index in [1.54, 1.807) is 12.1 Å². The van der Waals surface area contributed by atoms with E-state index in [1.165, 1.54) is 36.4 Å². The van der Waals surface area contributed by atoms with E-state index in [0.717, 1.165) is 24.3 Å². The van der Waals surface area contributed by atoms with Gasteiger partial charge in [0.1, 0.15) is 78.8 Å². The zero-order valence-electron chi connectivity index (χ0n) is 28.0. The lowest BCUT2D eigenvalue weighted by Gasteiger charge is -2.41. The van der Waals surface area contributed by atoms with E-state index < -0.39 is 98.2 Å². The maximum atomic E-state index is 12.4. The van der Waals surface area contributed by atoms with Gasteiger partial charge in [0.25, 0.3) is 0 Å². The number of esters is 1. The molecule has 18 heteroatoms. The number of hydrogen-bond donors (Lipinski definition) is 11. The van der Waals surface area contributed by atoms with Gasteiger partial charge in [0.05, 0.1) is 6.61 Å². The topological polar surface area (TPSA) is 295 Å². The van der Waals surface area contributed by atoms with E-state index in [9.17, 15) is 61.0 Å². The number of aliphatic hydroxyl groups is 8. The monoisotopic (exact) mass is 758 g/mol. The molecule has 2 aromatic rings. The van der Waals surface area contributed by atoms with Crippen molar-refractivity contribution in [1.82, 2.24) is 0 Å². The molecule has 11 N–H and O–H groups in total. The summed E-state index contributed by atoms with van der Waals surface area (Å²) < 4.78 is 34.4. The molecule has 0 aromatic heterocycles. The van der Waals surface area contributed by atoms with Crippen molar-refractivity contribution in [2.45, 2.75) is 67.5 Å². The Morgan fingerprint density at radius 2 is 1.39 bits per heavy atom. The molecule has 2 saturated heterocycles. The SMILES string of the molecule is O=C(C=Cc1ccc(O)cc1)OCC1OC(OC2=C(c3ccc(O)c(O)c3)OC3C=C(O)C=C(OC4OC(CO)C(O)C(O)C4O)C3=C2)C(O)C(O)C1O. The molecule has 11 atom stereocenters. The number of fused-ring (bicyclic) bond motifs is 1. The molecule has 0 radical (unpaired) electrons. The zero-order chi connectivity index (χ0) is 38.8. The number of hydrogen-bond acceptors (Lipinski definition) is 18. The summed E-state index contributed by atoms with van der Waals surface area (Å²) in [5.74, 6) is -2.85. The Morgan fingerprint density at radius 3 is 2.06 bits per heavy atom. The van der Waals surface area contributed by atoms with Gasteiger partial charge in [-0.15, -0.1) is 0 Å². The molecule has 2 fully saturated rings. The average molecular weight is 759 g/mol. The van der Waals surface area contributed by atoms with Gasteiger partial charge in [-0.1, -0.05) is 12.1 Å². The van der Waals surface area contributed by atoms with Crippen molar-refractivity contribution < 1.29 is 89.4 Å². The van der Waals surface area contributed by atoms with E-state index in [-0.39, 0.29) is 39.9 Å². The third kappa shape index (κ3) is 8.16. The summed E-state index contributed by atoms with van der Waals surface area (Å²) in [5.41, 5.74) is 0.762. The quantitative estimate of drug-likeness (QED) is 0.0790. The third-order valence-electron chi connectivity index (χ3n) is 8.88. The number of phenolic OH excluding ortho intramolecular Hbond substituents is 3. The van der Waals surface area contributed by atoms with E-state index in [0.29, 0.717) is 5.56 Å². The number of ether oxygens (including phenoxy) is 6. The minimum absolute atomic E-state index is 0.0313. The first-order valence-corrected chi connectivity index (χ1v) is 16.5. The lowest BCUT2D eigenvalue weighted by atomic mass is 9.96. The van der Waals surface area contributed by atoms with Crippen molar-refractivity contribution in [3.63, 3.8) is 0 Å². The summed E-state index contributed by atoms with van der Waals surface area (Å²) in [6.07, 6.45) is -12.1. The summed E-state index contributed by atoms with van der Waals surface area (Å²) in [6.45, 7) is -1.35. The third-order valence-corrected chi connectivity index (χ3v) is 8.88. The van der Waals surface area contributed by atoms with Crippen molar-refractivity contribution in [2.24, 2.45) is 0 Å². The molecule has 2 aromatic carbocycles. The van der Waals surface area contributed by atoms with Gasteiger partial charge in [-0.3, -0.25) is 0 Å². The van der Waals surface area contributed by atoms with Gasteiger partial charge in [0.15, 0.2) is 23.0 Å². The fourth-order valence-corrected chi connectivity index (χ4v) is 5.89. The molecule has 1 aliphatic carbocycles. The summed E-state index contributed by atoms with van der Waals surface area (Å²) >= 11 is 0. The molecule has 0 saturated carbocycles. The molecule has 0 bridgehead atoms. The van der Waals surface area contributed by atoms with Crippen LogP contribution in [0.4, 0.5) is 0 Å². The van der Waals surface area contributed by atoms with Crippen LogP contribution in [0.15, 0.2) is 89.6 Å². The second kappa shape index (κ2) is 16.1. The molecule has 54 heavy (non-hydrogen) atoms. The lowest BCUT2D eigenvalue weighted by Crippen LogP contribution is -2.59. The molecule has 0 amide bonds. The molecule has 18 nitrogen and oxygen atoms in total.